The highest BCUT2D eigenvalue weighted by atomic mass is 16.6. The first-order valence-corrected chi connectivity index (χ1v) is 7.27. The fourth-order valence-corrected chi connectivity index (χ4v) is 2.16. The first-order chi connectivity index (χ1) is 11.3. The van der Waals surface area contributed by atoms with E-state index < -0.39 is 0 Å². The maximum Gasteiger partial charge on any atom is 0.278 e. The summed E-state index contributed by atoms with van der Waals surface area (Å²) >= 11 is 0. The molecule has 1 amide bonds. The molecule has 1 aromatic carbocycles. The monoisotopic (exact) mass is 308 g/mol. The van der Waals surface area contributed by atoms with Crippen LogP contribution in [0.2, 0.25) is 0 Å². The summed E-state index contributed by atoms with van der Waals surface area (Å²) in [5.41, 5.74) is 5.03. The Hall–Kier alpha value is -2.99. The van der Waals surface area contributed by atoms with Crippen LogP contribution in [0.3, 0.4) is 0 Å². The van der Waals surface area contributed by atoms with Crippen molar-refractivity contribution in [3.63, 3.8) is 0 Å². The highest BCUT2D eigenvalue weighted by molar-refractivity contribution is 5.99. The van der Waals surface area contributed by atoms with Crippen molar-refractivity contribution in [3.05, 3.63) is 66.6 Å². The number of pyridine rings is 1. The lowest BCUT2D eigenvalue weighted by Gasteiger charge is -2.03. The van der Waals surface area contributed by atoms with Crippen LogP contribution in [0, 0.1) is 0 Å². The topological polar surface area (TPSA) is 69.0 Å². The maximum atomic E-state index is 12.3. The van der Waals surface area contributed by atoms with Crippen molar-refractivity contribution >= 4 is 5.91 Å². The third kappa shape index (κ3) is 3.27. The summed E-state index contributed by atoms with van der Waals surface area (Å²) in [5.74, 6) is -0.340. The SMILES string of the molecule is CCONC(=O)c1cn(-c2ccccc2)nc1-c1cccnc1. The minimum Gasteiger partial charge on any atom is -0.274 e. The Kier molecular flexibility index (Phi) is 4.44. The normalized spacial score (nSPS) is 10.5. The fraction of sp³-hybridized carbons (Fsp3) is 0.118. The molecule has 0 spiro atoms. The number of aromatic nitrogens is 3. The Bertz CT molecular complexity index is 785. The molecule has 0 saturated carbocycles. The van der Waals surface area contributed by atoms with Crippen molar-refractivity contribution in [3.8, 4) is 16.9 Å². The van der Waals surface area contributed by atoms with E-state index in [4.69, 9.17) is 4.84 Å². The van der Waals surface area contributed by atoms with Crippen LogP contribution in [-0.4, -0.2) is 27.3 Å². The zero-order valence-corrected chi connectivity index (χ0v) is 12.6. The van der Waals surface area contributed by atoms with Gasteiger partial charge in [0, 0.05) is 24.2 Å². The quantitative estimate of drug-likeness (QED) is 0.736. The lowest BCUT2D eigenvalue weighted by Crippen LogP contribution is -2.23. The zero-order valence-electron chi connectivity index (χ0n) is 12.6. The molecule has 0 radical (unpaired) electrons. The molecule has 3 aromatic rings. The minimum absolute atomic E-state index is 0.340. The molecular formula is C17H16N4O2. The molecule has 0 bridgehead atoms. The molecular weight excluding hydrogens is 292 g/mol. The Morgan fingerprint density at radius 2 is 2.04 bits per heavy atom. The smallest absolute Gasteiger partial charge is 0.274 e. The van der Waals surface area contributed by atoms with Crippen molar-refractivity contribution < 1.29 is 9.63 Å². The molecule has 0 aliphatic carbocycles. The molecule has 0 aliphatic rings. The van der Waals surface area contributed by atoms with Crippen LogP contribution in [0.5, 0.6) is 0 Å². The molecule has 2 heterocycles. The summed E-state index contributed by atoms with van der Waals surface area (Å²) in [4.78, 5) is 21.4. The molecule has 1 N–H and O–H groups in total. The van der Waals surface area contributed by atoms with Gasteiger partial charge in [-0.1, -0.05) is 18.2 Å². The van der Waals surface area contributed by atoms with Crippen LogP contribution in [0.4, 0.5) is 0 Å². The van der Waals surface area contributed by atoms with E-state index in [1.54, 1.807) is 36.3 Å². The Morgan fingerprint density at radius 3 is 2.74 bits per heavy atom. The second-order valence-corrected chi connectivity index (χ2v) is 4.78. The lowest BCUT2D eigenvalue weighted by atomic mass is 10.1. The van der Waals surface area contributed by atoms with Gasteiger partial charge >= 0.3 is 0 Å². The van der Waals surface area contributed by atoms with Crippen LogP contribution < -0.4 is 5.48 Å². The van der Waals surface area contributed by atoms with Crippen LogP contribution in [0.25, 0.3) is 16.9 Å². The number of nitrogens with one attached hydrogen (secondary N) is 1. The summed E-state index contributed by atoms with van der Waals surface area (Å²) in [7, 11) is 0. The summed E-state index contributed by atoms with van der Waals surface area (Å²) in [6.45, 7) is 2.19. The van der Waals surface area contributed by atoms with Crippen LogP contribution in [-0.2, 0) is 4.84 Å². The van der Waals surface area contributed by atoms with E-state index in [1.165, 1.54) is 0 Å². The average Bonchev–Trinajstić information content (AvgIpc) is 3.07. The largest absolute Gasteiger partial charge is 0.278 e. The number of carbonyl (C=O) groups excluding carboxylic acids is 1. The van der Waals surface area contributed by atoms with E-state index in [1.807, 2.05) is 36.4 Å². The van der Waals surface area contributed by atoms with E-state index in [2.05, 4.69) is 15.6 Å². The third-order valence-corrected chi connectivity index (χ3v) is 3.22. The fourth-order valence-electron chi connectivity index (χ4n) is 2.16. The Labute approximate surface area is 133 Å². The first kappa shape index (κ1) is 14.9. The van der Waals surface area contributed by atoms with Gasteiger partial charge < -0.3 is 0 Å². The number of para-hydroxylation sites is 1. The van der Waals surface area contributed by atoms with Gasteiger partial charge in [-0.3, -0.25) is 14.6 Å². The maximum absolute atomic E-state index is 12.3. The predicted molar refractivity (Wildman–Crippen MR) is 85.9 cm³/mol. The summed E-state index contributed by atoms with van der Waals surface area (Å²) in [6.07, 6.45) is 5.04. The summed E-state index contributed by atoms with van der Waals surface area (Å²) < 4.78 is 1.67. The second-order valence-electron chi connectivity index (χ2n) is 4.78. The Balaban J connectivity index is 2.05. The van der Waals surface area contributed by atoms with Gasteiger partial charge in [0.2, 0.25) is 0 Å². The molecule has 0 fully saturated rings. The number of hydrogen-bond acceptors (Lipinski definition) is 4. The van der Waals surface area contributed by atoms with Crippen LogP contribution in [0.15, 0.2) is 61.1 Å². The van der Waals surface area contributed by atoms with Gasteiger partial charge in [-0.2, -0.15) is 5.10 Å². The summed E-state index contributed by atoms with van der Waals surface area (Å²) in [5, 5.41) is 4.54. The molecule has 0 saturated heterocycles. The molecule has 0 aliphatic heterocycles. The highest BCUT2D eigenvalue weighted by Crippen LogP contribution is 2.23. The van der Waals surface area contributed by atoms with Crippen molar-refractivity contribution in [2.75, 3.05) is 6.61 Å². The molecule has 3 rings (SSSR count). The highest BCUT2D eigenvalue weighted by Gasteiger charge is 2.18. The van der Waals surface area contributed by atoms with E-state index in [9.17, 15) is 4.79 Å². The predicted octanol–water partition coefficient (Wildman–Crippen LogP) is 2.62. The van der Waals surface area contributed by atoms with Crippen molar-refractivity contribution in [1.82, 2.24) is 20.2 Å². The van der Waals surface area contributed by atoms with Gasteiger partial charge in [0.1, 0.15) is 5.69 Å². The van der Waals surface area contributed by atoms with E-state index in [0.29, 0.717) is 17.9 Å². The minimum atomic E-state index is -0.340. The van der Waals surface area contributed by atoms with E-state index >= 15 is 0 Å². The third-order valence-electron chi connectivity index (χ3n) is 3.22. The number of carbonyl (C=O) groups is 1. The van der Waals surface area contributed by atoms with E-state index in [0.717, 1.165) is 11.3 Å². The van der Waals surface area contributed by atoms with Crippen molar-refractivity contribution in [2.45, 2.75) is 6.92 Å². The van der Waals surface area contributed by atoms with Crippen molar-refractivity contribution in [1.29, 1.82) is 0 Å². The number of hydrogen-bond donors (Lipinski definition) is 1. The average molecular weight is 308 g/mol. The van der Waals surface area contributed by atoms with Crippen molar-refractivity contribution in [2.24, 2.45) is 0 Å². The van der Waals surface area contributed by atoms with Gasteiger partial charge in [0.15, 0.2) is 0 Å². The van der Waals surface area contributed by atoms with Gasteiger partial charge in [0.05, 0.1) is 17.9 Å². The van der Waals surface area contributed by atoms with E-state index in [-0.39, 0.29) is 5.91 Å². The summed E-state index contributed by atoms with van der Waals surface area (Å²) in [6, 6.07) is 13.3. The van der Waals surface area contributed by atoms with Crippen LogP contribution in [0.1, 0.15) is 17.3 Å². The molecule has 23 heavy (non-hydrogen) atoms. The number of hydroxylamine groups is 1. The van der Waals surface area contributed by atoms with Gasteiger partial charge in [-0.15, -0.1) is 0 Å². The standard InChI is InChI=1S/C17H16N4O2/c1-2-23-20-17(22)15-12-21(14-8-4-3-5-9-14)19-16(15)13-7-6-10-18-11-13/h3-12H,2H2,1H3,(H,20,22). The number of amides is 1. The van der Waals surface area contributed by atoms with Gasteiger partial charge in [-0.25, -0.2) is 10.2 Å². The Morgan fingerprint density at radius 1 is 1.22 bits per heavy atom. The molecule has 6 heteroatoms. The second kappa shape index (κ2) is 6.85. The zero-order chi connectivity index (χ0) is 16.1. The lowest BCUT2D eigenvalue weighted by molar-refractivity contribution is 0.0365. The molecule has 6 nitrogen and oxygen atoms in total. The van der Waals surface area contributed by atoms with Gasteiger partial charge in [-0.05, 0) is 31.2 Å². The molecule has 0 unspecified atom stereocenters. The first-order valence-electron chi connectivity index (χ1n) is 7.27. The molecule has 2 aromatic heterocycles. The number of benzene rings is 1. The molecule has 116 valence electrons. The van der Waals surface area contributed by atoms with Crippen LogP contribution >= 0.6 is 0 Å². The number of nitrogens with zero attached hydrogens (tertiary/aromatic N) is 3. The van der Waals surface area contributed by atoms with Gasteiger partial charge in [0.25, 0.3) is 5.91 Å². The molecule has 0 atom stereocenters. The number of rotatable bonds is 5.